The zero-order valence-corrected chi connectivity index (χ0v) is 9.24. The predicted octanol–water partition coefficient (Wildman–Crippen LogP) is 1.90. The van der Waals surface area contributed by atoms with Gasteiger partial charge in [0.15, 0.2) is 0 Å². The molecule has 1 saturated heterocycles. The second-order valence-corrected chi connectivity index (χ2v) is 3.86. The summed E-state index contributed by atoms with van der Waals surface area (Å²) < 4.78 is 0. The molecule has 0 bridgehead atoms. The molecule has 0 aliphatic carbocycles. The maximum absolute atomic E-state index is 4.50. The van der Waals surface area contributed by atoms with Crippen LogP contribution in [0, 0.1) is 0 Å². The Morgan fingerprint density at radius 2 is 2.20 bits per heavy atom. The molecule has 0 radical (unpaired) electrons. The molecule has 4 heteroatoms. The molecule has 1 aliphatic rings. The fourth-order valence-corrected chi connectivity index (χ4v) is 1.77. The molecule has 1 fully saturated rings. The lowest BCUT2D eigenvalue weighted by Gasteiger charge is -2.15. The van der Waals surface area contributed by atoms with Crippen molar-refractivity contribution >= 4 is 11.8 Å². The van der Waals surface area contributed by atoms with Crippen LogP contribution in [0.25, 0.3) is 0 Å². The van der Waals surface area contributed by atoms with E-state index in [0.29, 0.717) is 0 Å². The molecule has 1 aliphatic heterocycles. The minimum Gasteiger partial charge on any atom is -0.370 e. The van der Waals surface area contributed by atoms with Gasteiger partial charge in [0.1, 0.15) is 5.82 Å². The smallest absolute Gasteiger partial charge is 0.227 e. The van der Waals surface area contributed by atoms with E-state index in [1.54, 1.807) is 0 Å². The Kier molecular flexibility index (Phi) is 3.37. The van der Waals surface area contributed by atoms with Crippen LogP contribution in [-0.2, 0) is 0 Å². The van der Waals surface area contributed by atoms with Crippen LogP contribution in [0.1, 0.15) is 26.2 Å². The van der Waals surface area contributed by atoms with Gasteiger partial charge in [-0.05, 0) is 25.3 Å². The van der Waals surface area contributed by atoms with Crippen molar-refractivity contribution in [3.63, 3.8) is 0 Å². The first kappa shape index (κ1) is 10.2. The first-order valence-electron chi connectivity index (χ1n) is 5.72. The Balaban J connectivity index is 2.04. The topological polar surface area (TPSA) is 41.1 Å². The number of rotatable bonds is 4. The molecule has 0 saturated carbocycles. The zero-order chi connectivity index (χ0) is 10.5. The van der Waals surface area contributed by atoms with Gasteiger partial charge in [-0.25, -0.2) is 4.98 Å². The molecule has 0 amide bonds. The van der Waals surface area contributed by atoms with E-state index >= 15 is 0 Å². The highest BCUT2D eigenvalue weighted by Crippen LogP contribution is 2.16. The molecule has 4 nitrogen and oxygen atoms in total. The summed E-state index contributed by atoms with van der Waals surface area (Å²) in [5.74, 6) is 1.81. The maximum Gasteiger partial charge on any atom is 0.227 e. The molecule has 0 spiro atoms. The molecule has 15 heavy (non-hydrogen) atoms. The van der Waals surface area contributed by atoms with E-state index in [-0.39, 0.29) is 0 Å². The summed E-state index contributed by atoms with van der Waals surface area (Å²) in [5.41, 5.74) is 0. The highest BCUT2D eigenvalue weighted by molar-refractivity contribution is 5.41. The van der Waals surface area contributed by atoms with Crippen LogP contribution < -0.4 is 10.2 Å². The molecule has 1 aromatic heterocycles. The average molecular weight is 206 g/mol. The summed E-state index contributed by atoms with van der Waals surface area (Å²) in [6.45, 7) is 5.31. The van der Waals surface area contributed by atoms with Gasteiger partial charge in [-0.2, -0.15) is 4.98 Å². The normalized spacial score (nSPS) is 15.7. The summed E-state index contributed by atoms with van der Waals surface area (Å²) >= 11 is 0. The van der Waals surface area contributed by atoms with Crippen LogP contribution in [0.3, 0.4) is 0 Å². The summed E-state index contributed by atoms with van der Waals surface area (Å²) in [6.07, 6.45) is 5.47. The van der Waals surface area contributed by atoms with Gasteiger partial charge in [0.05, 0.1) is 0 Å². The number of nitrogens with zero attached hydrogens (tertiary/aromatic N) is 3. The SMILES string of the molecule is CCCNc1ccnc(N2CCCC2)n1. The molecule has 2 heterocycles. The summed E-state index contributed by atoms with van der Waals surface area (Å²) in [4.78, 5) is 11.0. The van der Waals surface area contributed by atoms with E-state index in [9.17, 15) is 0 Å². The van der Waals surface area contributed by atoms with Crippen molar-refractivity contribution in [2.75, 3.05) is 29.9 Å². The number of aromatic nitrogens is 2. The van der Waals surface area contributed by atoms with Crippen LogP contribution in [0.2, 0.25) is 0 Å². The fourth-order valence-electron chi connectivity index (χ4n) is 1.77. The fraction of sp³-hybridized carbons (Fsp3) is 0.636. The van der Waals surface area contributed by atoms with Crippen LogP contribution >= 0.6 is 0 Å². The van der Waals surface area contributed by atoms with E-state index in [2.05, 4.69) is 27.1 Å². The van der Waals surface area contributed by atoms with Crippen LogP contribution in [-0.4, -0.2) is 29.6 Å². The molecular weight excluding hydrogens is 188 g/mol. The van der Waals surface area contributed by atoms with Gasteiger partial charge >= 0.3 is 0 Å². The molecular formula is C11H18N4. The van der Waals surface area contributed by atoms with E-state index in [1.165, 1.54) is 12.8 Å². The van der Waals surface area contributed by atoms with Crippen LogP contribution in [0.5, 0.6) is 0 Å². The van der Waals surface area contributed by atoms with Crippen molar-refractivity contribution in [2.45, 2.75) is 26.2 Å². The number of hydrogen-bond acceptors (Lipinski definition) is 4. The first-order chi connectivity index (χ1) is 7.40. The van der Waals surface area contributed by atoms with E-state index in [1.807, 2.05) is 12.3 Å². The Hall–Kier alpha value is -1.32. The Labute approximate surface area is 90.7 Å². The third-order valence-corrected chi connectivity index (χ3v) is 2.59. The summed E-state index contributed by atoms with van der Waals surface area (Å²) in [7, 11) is 0. The van der Waals surface area contributed by atoms with Crippen molar-refractivity contribution in [3.8, 4) is 0 Å². The third-order valence-electron chi connectivity index (χ3n) is 2.59. The Morgan fingerprint density at radius 1 is 1.40 bits per heavy atom. The maximum atomic E-state index is 4.50. The zero-order valence-electron chi connectivity index (χ0n) is 9.24. The van der Waals surface area contributed by atoms with Crippen LogP contribution in [0.15, 0.2) is 12.3 Å². The summed E-state index contributed by atoms with van der Waals surface area (Å²) in [5, 5.41) is 3.28. The molecule has 0 atom stereocenters. The van der Waals surface area contributed by atoms with Crippen molar-refractivity contribution in [1.82, 2.24) is 9.97 Å². The molecule has 82 valence electrons. The third kappa shape index (κ3) is 2.58. The lowest BCUT2D eigenvalue weighted by atomic mass is 10.4. The Bertz CT molecular complexity index is 307. The van der Waals surface area contributed by atoms with Gasteiger partial charge < -0.3 is 10.2 Å². The lowest BCUT2D eigenvalue weighted by Crippen LogP contribution is -2.20. The number of anilines is 2. The predicted molar refractivity (Wildman–Crippen MR) is 62.3 cm³/mol. The van der Waals surface area contributed by atoms with Gasteiger partial charge in [-0.1, -0.05) is 6.92 Å². The molecule has 0 aromatic carbocycles. The highest BCUT2D eigenvalue weighted by Gasteiger charge is 2.14. The van der Waals surface area contributed by atoms with Crippen molar-refractivity contribution < 1.29 is 0 Å². The quantitative estimate of drug-likeness (QED) is 0.817. The van der Waals surface area contributed by atoms with E-state index < -0.39 is 0 Å². The average Bonchev–Trinajstić information content (AvgIpc) is 2.80. The molecule has 2 rings (SSSR count). The van der Waals surface area contributed by atoms with Gasteiger partial charge in [0.25, 0.3) is 0 Å². The van der Waals surface area contributed by atoms with Gasteiger partial charge in [-0.15, -0.1) is 0 Å². The Morgan fingerprint density at radius 3 is 2.93 bits per heavy atom. The second-order valence-electron chi connectivity index (χ2n) is 3.86. The first-order valence-corrected chi connectivity index (χ1v) is 5.72. The van der Waals surface area contributed by atoms with Gasteiger partial charge in [0, 0.05) is 25.8 Å². The molecule has 1 aromatic rings. The van der Waals surface area contributed by atoms with Crippen molar-refractivity contribution in [3.05, 3.63) is 12.3 Å². The molecule has 1 N–H and O–H groups in total. The standard InChI is InChI=1S/C11H18N4/c1-2-6-12-10-5-7-13-11(14-10)15-8-3-4-9-15/h5,7H,2-4,6,8-9H2,1H3,(H,12,13,14). The van der Waals surface area contributed by atoms with E-state index in [0.717, 1.165) is 37.8 Å². The van der Waals surface area contributed by atoms with Crippen molar-refractivity contribution in [2.24, 2.45) is 0 Å². The highest BCUT2D eigenvalue weighted by atomic mass is 15.3. The van der Waals surface area contributed by atoms with Crippen molar-refractivity contribution in [1.29, 1.82) is 0 Å². The van der Waals surface area contributed by atoms with Crippen LogP contribution in [0.4, 0.5) is 11.8 Å². The van der Waals surface area contributed by atoms with Gasteiger partial charge in [-0.3, -0.25) is 0 Å². The lowest BCUT2D eigenvalue weighted by molar-refractivity contribution is 0.892. The summed E-state index contributed by atoms with van der Waals surface area (Å²) in [6, 6.07) is 1.93. The minimum absolute atomic E-state index is 0.869. The molecule has 0 unspecified atom stereocenters. The largest absolute Gasteiger partial charge is 0.370 e. The minimum atomic E-state index is 0.869. The van der Waals surface area contributed by atoms with Gasteiger partial charge in [0.2, 0.25) is 5.95 Å². The number of hydrogen-bond donors (Lipinski definition) is 1. The number of nitrogens with one attached hydrogen (secondary N) is 1. The second kappa shape index (κ2) is 4.96. The van der Waals surface area contributed by atoms with E-state index in [4.69, 9.17) is 0 Å². The monoisotopic (exact) mass is 206 g/mol.